The van der Waals surface area contributed by atoms with Crippen molar-refractivity contribution >= 4 is 0 Å². The van der Waals surface area contributed by atoms with Crippen molar-refractivity contribution in [3.63, 3.8) is 0 Å². The topological polar surface area (TPSA) is 0 Å². The number of hydrogen-bond donors (Lipinski definition) is 0. The lowest BCUT2D eigenvalue weighted by molar-refractivity contribution is 0.377. The molecule has 1 rings (SSSR count). The molecule has 0 aromatic carbocycles. The molecule has 1 aliphatic rings. The summed E-state index contributed by atoms with van der Waals surface area (Å²) in [6.45, 7) is 17.7. The predicted molar refractivity (Wildman–Crippen MR) is 151 cm³/mol. The van der Waals surface area contributed by atoms with Gasteiger partial charge in [-0.1, -0.05) is 134 Å². The van der Waals surface area contributed by atoms with Gasteiger partial charge in [-0.15, -0.1) is 0 Å². The van der Waals surface area contributed by atoms with Crippen LogP contribution in [0.5, 0.6) is 0 Å². The highest BCUT2D eigenvalue weighted by atomic mass is 14.3. The molecule has 0 heterocycles. The van der Waals surface area contributed by atoms with E-state index in [4.69, 9.17) is 0 Å². The first-order valence-electron chi connectivity index (χ1n) is 12.4. The van der Waals surface area contributed by atoms with Crippen LogP contribution in [0.3, 0.4) is 0 Å². The summed E-state index contributed by atoms with van der Waals surface area (Å²) < 4.78 is 0. The molecule has 33 heavy (non-hydrogen) atoms. The first kappa shape index (κ1) is 28.4. The molecule has 0 atom stereocenters. The summed E-state index contributed by atoms with van der Waals surface area (Å²) in [6, 6.07) is 0. The lowest BCUT2D eigenvalue weighted by atomic mass is 9.72. The lowest BCUT2D eigenvalue weighted by Crippen LogP contribution is -2.19. The first-order valence-corrected chi connectivity index (χ1v) is 12.4. The second kappa shape index (κ2) is 15.3. The molecule has 0 fully saturated rings. The van der Waals surface area contributed by atoms with Crippen LogP contribution in [0.15, 0.2) is 119 Å². The standard InChI is InChI=1S/C33H46/c1-9-10-16-27(2)19-13-20-28(3)17-11-12-18-29(4)21-14-22-30(5)24-25-32-31(6)23-15-26-33(32,7)8/h10-14,16-22,24-25H,9,15,23,26H2,1-8H3/b12-11+,16-10+,20-13+,21-14+,25-24+,27-19+,28-17+,29-18+,30-22+. The van der Waals surface area contributed by atoms with Crippen LogP contribution in [0.1, 0.15) is 81.1 Å². The van der Waals surface area contributed by atoms with E-state index in [2.05, 4.69) is 140 Å². The van der Waals surface area contributed by atoms with Crippen molar-refractivity contribution in [2.24, 2.45) is 5.41 Å². The normalized spacial score (nSPS) is 19.5. The Morgan fingerprint density at radius 3 is 1.73 bits per heavy atom. The summed E-state index contributed by atoms with van der Waals surface area (Å²) in [5.74, 6) is 0. The molecule has 0 bridgehead atoms. The Balaban J connectivity index is 2.63. The summed E-state index contributed by atoms with van der Waals surface area (Å²) in [5.41, 5.74) is 8.37. The van der Waals surface area contributed by atoms with Gasteiger partial charge in [0.1, 0.15) is 0 Å². The van der Waals surface area contributed by atoms with Crippen molar-refractivity contribution in [3.8, 4) is 0 Å². The van der Waals surface area contributed by atoms with Crippen molar-refractivity contribution in [2.75, 3.05) is 0 Å². The zero-order valence-corrected chi connectivity index (χ0v) is 22.4. The van der Waals surface area contributed by atoms with Crippen molar-refractivity contribution in [1.82, 2.24) is 0 Å². The first-order chi connectivity index (χ1) is 15.7. The van der Waals surface area contributed by atoms with Crippen LogP contribution in [-0.2, 0) is 0 Å². The van der Waals surface area contributed by atoms with E-state index in [1.807, 2.05) is 0 Å². The maximum Gasteiger partial charge on any atom is -0.0104 e. The van der Waals surface area contributed by atoms with Gasteiger partial charge >= 0.3 is 0 Å². The molecule has 0 spiro atoms. The fourth-order valence-corrected chi connectivity index (χ4v) is 3.87. The molecule has 0 aromatic rings. The summed E-state index contributed by atoms with van der Waals surface area (Å²) in [7, 11) is 0. The van der Waals surface area contributed by atoms with Crippen molar-refractivity contribution in [2.45, 2.75) is 81.1 Å². The molecule has 0 N–H and O–H groups in total. The third kappa shape index (κ3) is 12.3. The summed E-state index contributed by atoms with van der Waals surface area (Å²) >= 11 is 0. The molecular weight excluding hydrogens is 396 g/mol. The Bertz CT molecular complexity index is 925. The highest BCUT2D eigenvalue weighted by Gasteiger charge is 2.26. The van der Waals surface area contributed by atoms with Crippen LogP contribution in [0.2, 0.25) is 0 Å². The van der Waals surface area contributed by atoms with Crippen molar-refractivity contribution in [3.05, 3.63) is 119 Å². The Morgan fingerprint density at radius 1 is 0.727 bits per heavy atom. The third-order valence-electron chi connectivity index (χ3n) is 5.94. The van der Waals surface area contributed by atoms with E-state index in [-0.39, 0.29) is 0 Å². The Morgan fingerprint density at radius 2 is 1.21 bits per heavy atom. The van der Waals surface area contributed by atoms with E-state index in [1.54, 1.807) is 5.57 Å². The van der Waals surface area contributed by atoms with E-state index in [9.17, 15) is 0 Å². The zero-order valence-electron chi connectivity index (χ0n) is 22.4. The molecule has 0 unspecified atom stereocenters. The lowest BCUT2D eigenvalue weighted by Gasteiger charge is -2.32. The molecule has 0 saturated heterocycles. The van der Waals surface area contributed by atoms with Crippen LogP contribution in [-0.4, -0.2) is 0 Å². The summed E-state index contributed by atoms with van der Waals surface area (Å²) in [4.78, 5) is 0. The largest absolute Gasteiger partial charge is 0.0845 e. The van der Waals surface area contributed by atoms with Gasteiger partial charge in [0.2, 0.25) is 0 Å². The van der Waals surface area contributed by atoms with Gasteiger partial charge in [0.05, 0.1) is 0 Å². The molecular formula is C33H46. The van der Waals surface area contributed by atoms with E-state index in [0.29, 0.717) is 5.41 Å². The van der Waals surface area contributed by atoms with E-state index in [0.717, 1.165) is 6.42 Å². The molecule has 0 amide bonds. The van der Waals surface area contributed by atoms with Gasteiger partial charge in [0, 0.05) is 0 Å². The monoisotopic (exact) mass is 442 g/mol. The minimum atomic E-state index is 0.296. The quantitative estimate of drug-likeness (QED) is 0.295. The second-order valence-corrected chi connectivity index (χ2v) is 9.82. The molecule has 1 aliphatic carbocycles. The molecule has 178 valence electrons. The summed E-state index contributed by atoms with van der Waals surface area (Å²) in [5, 5.41) is 0. The van der Waals surface area contributed by atoms with Gasteiger partial charge in [-0.2, -0.15) is 0 Å². The van der Waals surface area contributed by atoms with Crippen LogP contribution in [0.25, 0.3) is 0 Å². The average Bonchev–Trinajstić information content (AvgIpc) is 2.74. The van der Waals surface area contributed by atoms with Crippen LogP contribution in [0.4, 0.5) is 0 Å². The highest BCUT2D eigenvalue weighted by Crippen LogP contribution is 2.40. The van der Waals surface area contributed by atoms with Crippen LogP contribution in [0, 0.1) is 5.41 Å². The SMILES string of the molecule is CC/C=C/C(C)=C/C=C/C(C)=C/C=C/C=C(C)/C=C/C=C(C)/C=C/C1=C(C)CCCC1(C)C. The van der Waals surface area contributed by atoms with Gasteiger partial charge in [-0.05, 0) is 71.3 Å². The molecule has 0 heteroatoms. The van der Waals surface area contributed by atoms with Crippen LogP contribution >= 0.6 is 0 Å². The Kier molecular flexibility index (Phi) is 13.2. The number of allylic oxidation sites excluding steroid dienone is 20. The number of rotatable bonds is 10. The molecule has 0 aromatic heterocycles. The maximum absolute atomic E-state index is 2.37. The molecule has 0 saturated carbocycles. The van der Waals surface area contributed by atoms with E-state index >= 15 is 0 Å². The van der Waals surface area contributed by atoms with Gasteiger partial charge in [-0.3, -0.25) is 0 Å². The molecule has 0 nitrogen and oxygen atoms in total. The van der Waals surface area contributed by atoms with Crippen LogP contribution < -0.4 is 0 Å². The van der Waals surface area contributed by atoms with E-state index < -0.39 is 0 Å². The van der Waals surface area contributed by atoms with Gasteiger partial charge < -0.3 is 0 Å². The van der Waals surface area contributed by atoms with Crippen molar-refractivity contribution < 1.29 is 0 Å². The Hall–Kier alpha value is -2.60. The Labute approximate surface area is 205 Å². The van der Waals surface area contributed by atoms with Crippen molar-refractivity contribution in [1.29, 1.82) is 0 Å². The number of hydrogen-bond acceptors (Lipinski definition) is 0. The van der Waals surface area contributed by atoms with Gasteiger partial charge in [-0.25, -0.2) is 0 Å². The van der Waals surface area contributed by atoms with Gasteiger partial charge in [0.25, 0.3) is 0 Å². The summed E-state index contributed by atoms with van der Waals surface area (Å²) in [6.07, 6.45) is 35.2. The average molecular weight is 443 g/mol. The highest BCUT2D eigenvalue weighted by molar-refractivity contribution is 5.37. The molecule has 0 aliphatic heterocycles. The fourth-order valence-electron chi connectivity index (χ4n) is 3.87. The zero-order chi connectivity index (χ0) is 24.7. The van der Waals surface area contributed by atoms with E-state index in [1.165, 1.54) is 47.1 Å². The third-order valence-corrected chi connectivity index (χ3v) is 5.94. The minimum Gasteiger partial charge on any atom is -0.0845 e. The minimum absolute atomic E-state index is 0.296. The molecule has 0 radical (unpaired) electrons. The maximum atomic E-state index is 2.37. The van der Waals surface area contributed by atoms with Gasteiger partial charge in [0.15, 0.2) is 0 Å². The smallest absolute Gasteiger partial charge is 0.0104 e. The second-order valence-electron chi connectivity index (χ2n) is 9.82. The predicted octanol–water partition coefficient (Wildman–Crippen LogP) is 10.5. The fraction of sp³-hybridized carbons (Fsp3) is 0.394.